The van der Waals surface area contributed by atoms with Crippen LogP contribution in [0.4, 0.5) is 0 Å². The number of halogens is 1. The number of benzene rings is 2. The van der Waals surface area contributed by atoms with Crippen LogP contribution in [0, 0.1) is 0 Å². The molecule has 5 rings (SSSR count). The molecule has 4 aromatic rings. The number of hydrogen-bond donors (Lipinski definition) is 2. The largest absolute Gasteiger partial charge is 0.361 e. The highest BCUT2D eigenvalue weighted by Gasteiger charge is 2.26. The summed E-state index contributed by atoms with van der Waals surface area (Å²) in [5.41, 5.74) is 3.90. The Kier molecular flexibility index (Phi) is 5.88. The van der Waals surface area contributed by atoms with Gasteiger partial charge in [0.15, 0.2) is 5.69 Å². The summed E-state index contributed by atoms with van der Waals surface area (Å²) in [7, 11) is 0. The number of aryl methyl sites for hydroxylation is 1. The van der Waals surface area contributed by atoms with Crippen molar-refractivity contribution >= 4 is 34.3 Å². The molecule has 0 atom stereocenters. The highest BCUT2D eigenvalue weighted by molar-refractivity contribution is 6.31. The van der Waals surface area contributed by atoms with Crippen LogP contribution in [0.5, 0.6) is 0 Å². The number of aromatic nitrogens is 3. The molecule has 0 bridgehead atoms. The molecule has 0 aliphatic carbocycles. The van der Waals surface area contributed by atoms with E-state index in [0.717, 1.165) is 28.5 Å². The second-order valence-corrected chi connectivity index (χ2v) is 8.65. The Hall–Kier alpha value is -3.58. The number of carbonyl (C=O) groups is 2. The van der Waals surface area contributed by atoms with Crippen molar-refractivity contribution in [1.82, 2.24) is 25.0 Å². The standard InChI is InChI=1S/C25H24ClN5O2/c26-19-7-8-21-20(13-19)18(15-28-21)9-10-27-24(32)22-14-23-25(33)30(11-4-12-31(23)29-22)16-17-5-2-1-3-6-17/h1-3,5-8,13-15,28H,4,9-12,16H2,(H,27,32). The zero-order valence-corrected chi connectivity index (χ0v) is 18.8. The van der Waals surface area contributed by atoms with E-state index in [0.29, 0.717) is 43.3 Å². The molecule has 7 nitrogen and oxygen atoms in total. The third-order valence-corrected chi connectivity index (χ3v) is 6.18. The fraction of sp³-hybridized carbons (Fsp3) is 0.240. The Balaban J connectivity index is 1.25. The van der Waals surface area contributed by atoms with E-state index < -0.39 is 0 Å². The summed E-state index contributed by atoms with van der Waals surface area (Å²) < 4.78 is 1.66. The summed E-state index contributed by atoms with van der Waals surface area (Å²) >= 11 is 6.12. The van der Waals surface area contributed by atoms with Gasteiger partial charge in [-0.1, -0.05) is 41.9 Å². The Morgan fingerprint density at radius 1 is 1.12 bits per heavy atom. The lowest BCUT2D eigenvalue weighted by molar-refractivity contribution is 0.0745. The van der Waals surface area contributed by atoms with Gasteiger partial charge in [0.05, 0.1) is 0 Å². The Morgan fingerprint density at radius 2 is 1.97 bits per heavy atom. The number of fused-ring (bicyclic) bond motifs is 2. The zero-order valence-electron chi connectivity index (χ0n) is 18.1. The molecule has 0 unspecified atom stereocenters. The number of carbonyl (C=O) groups excluding carboxylic acids is 2. The molecule has 0 fully saturated rings. The summed E-state index contributed by atoms with van der Waals surface area (Å²) in [6.07, 6.45) is 3.38. The number of nitrogens with one attached hydrogen (secondary N) is 2. The predicted molar refractivity (Wildman–Crippen MR) is 127 cm³/mol. The minimum Gasteiger partial charge on any atom is -0.361 e. The van der Waals surface area contributed by atoms with Gasteiger partial charge in [-0.3, -0.25) is 14.3 Å². The van der Waals surface area contributed by atoms with Gasteiger partial charge >= 0.3 is 0 Å². The van der Waals surface area contributed by atoms with Crippen LogP contribution in [0.1, 0.15) is 38.5 Å². The summed E-state index contributed by atoms with van der Waals surface area (Å²) in [5, 5.41) is 9.06. The molecule has 33 heavy (non-hydrogen) atoms. The second-order valence-electron chi connectivity index (χ2n) is 8.21. The molecule has 0 spiro atoms. The van der Waals surface area contributed by atoms with E-state index >= 15 is 0 Å². The third kappa shape index (κ3) is 4.50. The molecule has 1 aliphatic rings. The Morgan fingerprint density at radius 3 is 2.82 bits per heavy atom. The first-order valence-electron chi connectivity index (χ1n) is 11.0. The Labute approximate surface area is 196 Å². The van der Waals surface area contributed by atoms with Crippen LogP contribution in [0.3, 0.4) is 0 Å². The SMILES string of the molecule is O=C(NCCc1c[nH]c2ccc(Cl)cc12)c1cc2n(n1)CCCN(Cc1ccccc1)C2=O. The predicted octanol–water partition coefficient (Wildman–Crippen LogP) is 4.04. The number of nitrogens with zero attached hydrogens (tertiary/aromatic N) is 3. The molecule has 1 aliphatic heterocycles. The lowest BCUT2D eigenvalue weighted by Gasteiger charge is -2.20. The van der Waals surface area contributed by atoms with Crippen molar-refractivity contribution in [2.24, 2.45) is 0 Å². The van der Waals surface area contributed by atoms with Gasteiger partial charge in [-0.05, 0) is 42.2 Å². The van der Waals surface area contributed by atoms with Crippen LogP contribution >= 0.6 is 11.6 Å². The maximum absolute atomic E-state index is 13.1. The first-order chi connectivity index (χ1) is 16.1. The highest BCUT2D eigenvalue weighted by atomic mass is 35.5. The van der Waals surface area contributed by atoms with Gasteiger partial charge in [0.25, 0.3) is 11.8 Å². The fourth-order valence-corrected chi connectivity index (χ4v) is 4.43. The molecular formula is C25H24ClN5O2. The van der Waals surface area contributed by atoms with Crippen molar-refractivity contribution < 1.29 is 9.59 Å². The Bertz CT molecular complexity index is 1310. The van der Waals surface area contributed by atoms with Gasteiger partial charge in [0.1, 0.15) is 5.69 Å². The number of hydrogen-bond acceptors (Lipinski definition) is 3. The molecule has 168 valence electrons. The normalized spacial score (nSPS) is 13.7. The van der Waals surface area contributed by atoms with E-state index in [1.807, 2.05) is 59.6 Å². The van der Waals surface area contributed by atoms with Gasteiger partial charge in [0.2, 0.25) is 0 Å². The number of H-pyrrole nitrogens is 1. The quantitative estimate of drug-likeness (QED) is 0.454. The molecule has 0 saturated heterocycles. The smallest absolute Gasteiger partial charge is 0.272 e. The van der Waals surface area contributed by atoms with Gasteiger partial charge in [-0.15, -0.1) is 0 Å². The molecule has 2 N–H and O–H groups in total. The minimum atomic E-state index is -0.282. The van der Waals surface area contributed by atoms with Crippen LogP contribution in [0.2, 0.25) is 5.02 Å². The summed E-state index contributed by atoms with van der Waals surface area (Å²) in [5.74, 6) is -0.380. The molecule has 0 radical (unpaired) electrons. The van der Waals surface area contributed by atoms with E-state index in [2.05, 4.69) is 15.4 Å². The number of rotatable bonds is 6. The fourth-order valence-electron chi connectivity index (χ4n) is 4.26. The molecule has 2 aromatic carbocycles. The average molecular weight is 462 g/mol. The molecular weight excluding hydrogens is 438 g/mol. The van der Waals surface area contributed by atoms with E-state index in [9.17, 15) is 9.59 Å². The van der Waals surface area contributed by atoms with Crippen molar-refractivity contribution in [2.45, 2.75) is 25.9 Å². The monoisotopic (exact) mass is 461 g/mol. The number of amides is 2. The topological polar surface area (TPSA) is 83.0 Å². The maximum Gasteiger partial charge on any atom is 0.272 e. The molecule has 2 aromatic heterocycles. The lowest BCUT2D eigenvalue weighted by Crippen LogP contribution is -2.30. The first kappa shape index (κ1) is 21.3. The zero-order chi connectivity index (χ0) is 22.8. The van der Waals surface area contributed by atoms with E-state index in [1.54, 1.807) is 10.7 Å². The summed E-state index contributed by atoms with van der Waals surface area (Å²) in [6.45, 7) is 2.26. The van der Waals surface area contributed by atoms with Crippen molar-refractivity contribution in [2.75, 3.05) is 13.1 Å². The van der Waals surface area contributed by atoms with Crippen LogP contribution < -0.4 is 5.32 Å². The summed E-state index contributed by atoms with van der Waals surface area (Å²) in [6, 6.07) is 17.2. The minimum absolute atomic E-state index is 0.0985. The molecule has 2 amide bonds. The molecule has 0 saturated carbocycles. The van der Waals surface area contributed by atoms with Crippen molar-refractivity contribution in [3.05, 3.63) is 88.3 Å². The van der Waals surface area contributed by atoms with Crippen LogP contribution in [0.15, 0.2) is 60.8 Å². The average Bonchev–Trinajstić information content (AvgIpc) is 3.39. The van der Waals surface area contributed by atoms with E-state index in [1.165, 1.54) is 0 Å². The van der Waals surface area contributed by atoms with Crippen molar-refractivity contribution in [3.63, 3.8) is 0 Å². The highest BCUT2D eigenvalue weighted by Crippen LogP contribution is 2.22. The third-order valence-electron chi connectivity index (χ3n) is 5.94. The van der Waals surface area contributed by atoms with Crippen LogP contribution in [-0.4, -0.2) is 44.6 Å². The molecule has 8 heteroatoms. The van der Waals surface area contributed by atoms with Crippen molar-refractivity contribution in [1.29, 1.82) is 0 Å². The van der Waals surface area contributed by atoms with Gasteiger partial charge < -0.3 is 15.2 Å². The van der Waals surface area contributed by atoms with Gasteiger partial charge in [0, 0.05) is 54.4 Å². The summed E-state index contributed by atoms with van der Waals surface area (Å²) in [4.78, 5) is 30.9. The number of aromatic amines is 1. The molecule has 3 heterocycles. The van der Waals surface area contributed by atoms with Crippen LogP contribution in [0.25, 0.3) is 10.9 Å². The van der Waals surface area contributed by atoms with E-state index in [-0.39, 0.29) is 17.5 Å². The maximum atomic E-state index is 13.1. The van der Waals surface area contributed by atoms with Gasteiger partial charge in [-0.2, -0.15) is 5.10 Å². The lowest BCUT2D eigenvalue weighted by atomic mass is 10.1. The van der Waals surface area contributed by atoms with Crippen molar-refractivity contribution in [3.8, 4) is 0 Å². The van der Waals surface area contributed by atoms with E-state index in [4.69, 9.17) is 11.6 Å². The first-order valence-corrected chi connectivity index (χ1v) is 11.4. The van der Waals surface area contributed by atoms with Crippen LogP contribution in [-0.2, 0) is 19.5 Å². The van der Waals surface area contributed by atoms with Gasteiger partial charge in [-0.25, -0.2) is 0 Å². The second kappa shape index (κ2) is 9.11.